The summed E-state index contributed by atoms with van der Waals surface area (Å²) in [4.78, 5) is 6.89. The van der Waals surface area contributed by atoms with E-state index in [1.807, 2.05) is 0 Å². The Balaban J connectivity index is 1.84. The zero-order valence-corrected chi connectivity index (χ0v) is 17.4. The molecule has 0 saturated heterocycles. The van der Waals surface area contributed by atoms with Crippen molar-refractivity contribution in [2.24, 2.45) is 0 Å². The number of anilines is 2. The number of phenolic OH excluding ortho intramolecular Hbond substituents is 1. The zero-order chi connectivity index (χ0) is 21.2. The SMILES string of the molecule is O=S(=O)(Nc1ncccn1)c1ccc(NS(=O)(=O)c2cc(Cl)cc(Cl)c2O)cc1. The van der Waals surface area contributed by atoms with E-state index in [9.17, 15) is 21.9 Å². The second kappa shape index (κ2) is 8.03. The van der Waals surface area contributed by atoms with Crippen LogP contribution in [-0.2, 0) is 20.0 Å². The van der Waals surface area contributed by atoms with Gasteiger partial charge in [-0.1, -0.05) is 23.2 Å². The van der Waals surface area contributed by atoms with Crippen LogP contribution >= 0.6 is 23.2 Å². The maximum Gasteiger partial charge on any atom is 0.265 e. The third-order valence-corrected chi connectivity index (χ3v) is 6.74. The minimum atomic E-state index is -4.24. The quantitative estimate of drug-likeness (QED) is 0.498. The molecule has 0 bridgehead atoms. The van der Waals surface area contributed by atoms with Gasteiger partial charge in [0.05, 0.1) is 9.92 Å². The number of aromatic hydroxyl groups is 1. The number of hydrogen-bond acceptors (Lipinski definition) is 7. The van der Waals surface area contributed by atoms with E-state index in [0.717, 1.165) is 6.07 Å². The van der Waals surface area contributed by atoms with Gasteiger partial charge in [0, 0.05) is 23.1 Å². The molecule has 3 rings (SSSR count). The van der Waals surface area contributed by atoms with Crippen molar-refractivity contribution in [3.05, 3.63) is 64.9 Å². The fraction of sp³-hybridized carbons (Fsp3) is 0. The summed E-state index contributed by atoms with van der Waals surface area (Å²) < 4.78 is 54.1. The van der Waals surface area contributed by atoms with E-state index in [0.29, 0.717) is 0 Å². The van der Waals surface area contributed by atoms with Crippen LogP contribution in [0, 0.1) is 0 Å². The fourth-order valence-corrected chi connectivity index (χ4v) is 4.97. The normalized spacial score (nSPS) is 11.8. The fourth-order valence-electron chi connectivity index (χ4n) is 2.19. The molecule has 152 valence electrons. The summed E-state index contributed by atoms with van der Waals surface area (Å²) in [6.07, 6.45) is 2.75. The van der Waals surface area contributed by atoms with Crippen LogP contribution in [0.1, 0.15) is 0 Å². The number of halogens is 2. The Labute approximate surface area is 176 Å². The number of nitrogens with zero attached hydrogens (tertiary/aromatic N) is 2. The summed E-state index contributed by atoms with van der Waals surface area (Å²) >= 11 is 11.6. The van der Waals surface area contributed by atoms with Gasteiger partial charge >= 0.3 is 0 Å². The Kier molecular flexibility index (Phi) is 5.85. The van der Waals surface area contributed by atoms with Gasteiger partial charge in [-0.15, -0.1) is 0 Å². The summed E-state index contributed by atoms with van der Waals surface area (Å²) in [5.41, 5.74) is 0.0513. The van der Waals surface area contributed by atoms with Gasteiger partial charge < -0.3 is 5.11 Å². The second-order valence-electron chi connectivity index (χ2n) is 5.54. The third-order valence-electron chi connectivity index (χ3n) is 3.49. The second-order valence-corrected chi connectivity index (χ2v) is 9.72. The molecule has 9 nitrogen and oxygen atoms in total. The molecule has 0 amide bonds. The van der Waals surface area contributed by atoms with Crippen molar-refractivity contribution in [1.29, 1.82) is 0 Å². The maximum absolute atomic E-state index is 12.5. The van der Waals surface area contributed by atoms with Crippen LogP contribution in [0.5, 0.6) is 5.75 Å². The average Bonchev–Trinajstić information content (AvgIpc) is 2.65. The van der Waals surface area contributed by atoms with E-state index in [1.165, 1.54) is 48.8 Å². The predicted octanol–water partition coefficient (Wildman–Crippen LogP) is 3.09. The van der Waals surface area contributed by atoms with Crippen LogP contribution in [-0.4, -0.2) is 31.9 Å². The van der Waals surface area contributed by atoms with Crippen molar-refractivity contribution in [2.45, 2.75) is 9.79 Å². The van der Waals surface area contributed by atoms with Gasteiger partial charge in [0.15, 0.2) is 5.75 Å². The smallest absolute Gasteiger partial charge is 0.265 e. The van der Waals surface area contributed by atoms with Gasteiger partial charge in [-0.2, -0.15) is 0 Å². The zero-order valence-electron chi connectivity index (χ0n) is 14.2. The van der Waals surface area contributed by atoms with Gasteiger partial charge in [0.1, 0.15) is 4.90 Å². The lowest BCUT2D eigenvalue weighted by Crippen LogP contribution is -2.16. The molecule has 3 aromatic rings. The Bertz CT molecular complexity index is 1250. The molecule has 0 aliphatic carbocycles. The Morgan fingerprint density at radius 3 is 2.10 bits per heavy atom. The largest absolute Gasteiger partial charge is 0.505 e. The van der Waals surface area contributed by atoms with Gasteiger partial charge in [-0.05, 0) is 42.5 Å². The number of rotatable bonds is 6. The van der Waals surface area contributed by atoms with Crippen molar-refractivity contribution >= 4 is 54.9 Å². The molecule has 0 saturated carbocycles. The minimum Gasteiger partial charge on any atom is -0.505 e. The molecule has 3 N–H and O–H groups in total. The number of sulfonamides is 2. The molecule has 0 spiro atoms. The molecule has 2 aromatic carbocycles. The monoisotopic (exact) mass is 474 g/mol. The Hall–Kier alpha value is -2.60. The first kappa shape index (κ1) is 21.1. The van der Waals surface area contributed by atoms with Crippen LogP contribution in [0.2, 0.25) is 10.0 Å². The van der Waals surface area contributed by atoms with E-state index >= 15 is 0 Å². The predicted molar refractivity (Wildman–Crippen MR) is 108 cm³/mol. The van der Waals surface area contributed by atoms with Crippen molar-refractivity contribution in [1.82, 2.24) is 9.97 Å². The van der Waals surface area contributed by atoms with Crippen LogP contribution in [0.15, 0.2) is 64.6 Å². The van der Waals surface area contributed by atoms with Crippen LogP contribution in [0.4, 0.5) is 11.6 Å². The molecule has 0 aliphatic heterocycles. The summed E-state index contributed by atoms with van der Waals surface area (Å²) in [6, 6.07) is 8.61. The number of benzene rings is 2. The van der Waals surface area contributed by atoms with Gasteiger partial charge in [0.25, 0.3) is 20.0 Å². The number of phenols is 1. The molecule has 0 radical (unpaired) electrons. The Morgan fingerprint density at radius 2 is 1.48 bits per heavy atom. The highest BCUT2D eigenvalue weighted by Gasteiger charge is 2.22. The molecule has 1 aromatic heterocycles. The first-order valence-electron chi connectivity index (χ1n) is 7.69. The standard InChI is InChI=1S/C16H12Cl2N4O5S2/c17-10-8-13(18)15(23)14(9-10)29(26,27)21-11-2-4-12(5-3-11)28(24,25)22-16-19-6-1-7-20-16/h1-9,21,23H,(H,19,20,22). The molecule has 29 heavy (non-hydrogen) atoms. The Morgan fingerprint density at radius 1 is 0.862 bits per heavy atom. The lowest BCUT2D eigenvalue weighted by Gasteiger charge is -2.12. The van der Waals surface area contributed by atoms with E-state index in [2.05, 4.69) is 19.4 Å². The molecule has 13 heteroatoms. The van der Waals surface area contributed by atoms with Crippen LogP contribution in [0.25, 0.3) is 0 Å². The molecular formula is C16H12Cl2N4O5S2. The maximum atomic E-state index is 12.5. The van der Waals surface area contributed by atoms with Crippen molar-refractivity contribution in [3.8, 4) is 5.75 Å². The molecule has 1 heterocycles. The molecule has 0 aliphatic rings. The summed E-state index contributed by atoms with van der Waals surface area (Å²) in [5, 5.41) is 9.71. The highest BCUT2D eigenvalue weighted by atomic mass is 35.5. The van der Waals surface area contributed by atoms with E-state index < -0.39 is 30.7 Å². The highest BCUT2D eigenvalue weighted by Crippen LogP contribution is 2.35. The topological polar surface area (TPSA) is 138 Å². The van der Waals surface area contributed by atoms with Crippen LogP contribution < -0.4 is 9.44 Å². The van der Waals surface area contributed by atoms with Crippen molar-refractivity contribution in [2.75, 3.05) is 9.44 Å². The summed E-state index contributed by atoms with van der Waals surface area (Å²) in [7, 11) is -8.21. The first-order chi connectivity index (χ1) is 13.6. The molecule has 0 atom stereocenters. The molecule has 0 unspecified atom stereocenters. The lowest BCUT2D eigenvalue weighted by atomic mass is 10.3. The molecular weight excluding hydrogens is 463 g/mol. The minimum absolute atomic E-state index is 0.0174. The first-order valence-corrected chi connectivity index (χ1v) is 11.4. The number of nitrogens with one attached hydrogen (secondary N) is 2. The van der Waals surface area contributed by atoms with E-state index in [1.54, 1.807) is 0 Å². The van der Waals surface area contributed by atoms with Crippen LogP contribution in [0.3, 0.4) is 0 Å². The number of hydrogen-bond donors (Lipinski definition) is 3. The van der Waals surface area contributed by atoms with E-state index in [-0.39, 0.29) is 26.6 Å². The lowest BCUT2D eigenvalue weighted by molar-refractivity contribution is 0.459. The van der Waals surface area contributed by atoms with Gasteiger partial charge in [0.2, 0.25) is 5.95 Å². The van der Waals surface area contributed by atoms with Crippen molar-refractivity contribution < 1.29 is 21.9 Å². The van der Waals surface area contributed by atoms with Gasteiger partial charge in [-0.3, -0.25) is 4.72 Å². The highest BCUT2D eigenvalue weighted by molar-refractivity contribution is 7.93. The summed E-state index contributed by atoms with van der Waals surface area (Å²) in [6.45, 7) is 0. The average molecular weight is 475 g/mol. The van der Waals surface area contributed by atoms with Crippen molar-refractivity contribution in [3.63, 3.8) is 0 Å². The third kappa shape index (κ3) is 4.88. The molecule has 0 fully saturated rings. The number of aromatic nitrogens is 2. The van der Waals surface area contributed by atoms with Gasteiger partial charge in [-0.25, -0.2) is 31.5 Å². The summed E-state index contributed by atoms with van der Waals surface area (Å²) in [5.74, 6) is -0.764. The van der Waals surface area contributed by atoms with E-state index in [4.69, 9.17) is 23.2 Å².